The molecule has 0 saturated carbocycles. The van der Waals surface area contributed by atoms with E-state index >= 15 is 0 Å². The van der Waals surface area contributed by atoms with Crippen molar-refractivity contribution in [3.63, 3.8) is 0 Å². The molecule has 1 saturated heterocycles. The number of nitrogens with one attached hydrogen (secondary N) is 2. The van der Waals surface area contributed by atoms with Crippen LogP contribution in [0.5, 0.6) is 0 Å². The first kappa shape index (κ1) is 21.4. The lowest BCUT2D eigenvalue weighted by molar-refractivity contribution is -0.619. The van der Waals surface area contributed by atoms with Crippen LogP contribution in [-0.2, 0) is 23.6 Å². The second-order valence-electron chi connectivity index (χ2n) is 8.88. The largest absolute Gasteiger partial charge is 0.341 e. The second-order valence-corrected chi connectivity index (χ2v) is 10.4. The first-order valence-electron chi connectivity index (χ1n) is 11.5. The summed E-state index contributed by atoms with van der Waals surface area (Å²) in [5, 5.41) is 6.18. The average molecular weight is 485 g/mol. The Balaban J connectivity index is 1.23. The SMILES string of the molecule is O=S1CCc2nc(N3CCC(c4[nH+]oc5c4C=CC(F)C5)CC3)nc(Nc3cccc(F)c3)c21. The van der Waals surface area contributed by atoms with Gasteiger partial charge in [0.15, 0.2) is 11.6 Å². The van der Waals surface area contributed by atoms with E-state index in [4.69, 9.17) is 14.5 Å². The predicted molar refractivity (Wildman–Crippen MR) is 124 cm³/mol. The molecule has 1 aromatic carbocycles. The van der Waals surface area contributed by atoms with E-state index in [1.54, 1.807) is 18.2 Å². The molecule has 2 aliphatic heterocycles. The van der Waals surface area contributed by atoms with Crippen LogP contribution in [0.2, 0.25) is 0 Å². The first-order chi connectivity index (χ1) is 16.5. The predicted octanol–water partition coefficient (Wildman–Crippen LogP) is 3.72. The fraction of sp³-hybridized carbons (Fsp3) is 0.375. The lowest BCUT2D eigenvalue weighted by atomic mass is 9.89. The van der Waals surface area contributed by atoms with Gasteiger partial charge in [0.25, 0.3) is 0 Å². The third-order valence-electron chi connectivity index (χ3n) is 6.68. The second kappa shape index (κ2) is 8.57. The lowest BCUT2D eigenvalue weighted by Gasteiger charge is -2.30. The van der Waals surface area contributed by atoms with Crippen LogP contribution < -0.4 is 15.4 Å². The van der Waals surface area contributed by atoms with E-state index in [-0.39, 0.29) is 18.2 Å². The van der Waals surface area contributed by atoms with Gasteiger partial charge in [-0.25, -0.2) is 18.3 Å². The Morgan fingerprint density at radius 2 is 2.09 bits per heavy atom. The molecule has 176 valence electrons. The van der Waals surface area contributed by atoms with Gasteiger partial charge in [0, 0.05) is 37.4 Å². The summed E-state index contributed by atoms with van der Waals surface area (Å²) in [6.45, 7) is 1.49. The molecule has 3 aromatic rings. The number of fused-ring (bicyclic) bond motifs is 2. The average Bonchev–Trinajstić information content (AvgIpc) is 3.42. The van der Waals surface area contributed by atoms with Gasteiger partial charge >= 0.3 is 0 Å². The number of piperidine rings is 1. The van der Waals surface area contributed by atoms with Gasteiger partial charge in [-0.1, -0.05) is 6.07 Å². The fourth-order valence-corrected chi connectivity index (χ4v) is 6.25. The zero-order valence-corrected chi connectivity index (χ0v) is 19.2. The van der Waals surface area contributed by atoms with Gasteiger partial charge in [0.2, 0.25) is 11.6 Å². The molecule has 6 rings (SSSR count). The number of nitrogens with zero attached hydrogens (tertiary/aromatic N) is 3. The molecule has 3 aliphatic rings. The molecule has 10 heteroatoms. The molecule has 2 aromatic heterocycles. The molecule has 34 heavy (non-hydrogen) atoms. The van der Waals surface area contributed by atoms with Crippen LogP contribution in [0, 0.1) is 5.82 Å². The van der Waals surface area contributed by atoms with Gasteiger partial charge in [0.1, 0.15) is 16.9 Å². The highest BCUT2D eigenvalue weighted by molar-refractivity contribution is 7.85. The number of benzene rings is 1. The monoisotopic (exact) mass is 484 g/mol. The molecular formula is C24H24F2N5O2S+. The summed E-state index contributed by atoms with van der Waals surface area (Å²) in [7, 11) is -1.18. The van der Waals surface area contributed by atoms with Crippen molar-refractivity contribution in [2.24, 2.45) is 0 Å². The van der Waals surface area contributed by atoms with E-state index in [0.717, 1.165) is 42.9 Å². The minimum absolute atomic E-state index is 0.270. The topological polar surface area (TPSA) is 85.4 Å². The zero-order valence-electron chi connectivity index (χ0n) is 18.4. The van der Waals surface area contributed by atoms with Gasteiger partial charge in [-0.2, -0.15) is 4.98 Å². The van der Waals surface area contributed by atoms with Gasteiger partial charge in [-0.05, 0) is 48.3 Å². The lowest BCUT2D eigenvalue weighted by Crippen LogP contribution is -2.35. The van der Waals surface area contributed by atoms with Crippen molar-refractivity contribution in [3.05, 3.63) is 58.9 Å². The molecular weight excluding hydrogens is 460 g/mol. The number of anilines is 3. The van der Waals surface area contributed by atoms with Crippen LogP contribution in [0.1, 0.15) is 41.5 Å². The number of aromatic nitrogens is 3. The third-order valence-corrected chi connectivity index (χ3v) is 8.14. The molecule has 7 nitrogen and oxygen atoms in total. The number of hydrogen-bond acceptors (Lipinski definition) is 6. The van der Waals surface area contributed by atoms with E-state index in [1.807, 2.05) is 6.08 Å². The number of alkyl halides is 1. The van der Waals surface area contributed by atoms with Gasteiger partial charge < -0.3 is 10.2 Å². The van der Waals surface area contributed by atoms with E-state index < -0.39 is 17.0 Å². The molecule has 1 fully saturated rings. The summed E-state index contributed by atoms with van der Waals surface area (Å²) < 4.78 is 45.5. The van der Waals surface area contributed by atoms with Crippen LogP contribution >= 0.6 is 0 Å². The van der Waals surface area contributed by atoms with Crippen molar-refractivity contribution >= 4 is 34.3 Å². The third kappa shape index (κ3) is 3.89. The number of H-pyrrole nitrogens is 1. The van der Waals surface area contributed by atoms with Crippen LogP contribution in [0.4, 0.5) is 26.2 Å². The van der Waals surface area contributed by atoms with Crippen molar-refractivity contribution < 1.29 is 22.7 Å². The molecule has 1 aliphatic carbocycles. The van der Waals surface area contributed by atoms with Gasteiger partial charge in [-0.15, -0.1) is 0 Å². The maximum absolute atomic E-state index is 13.7. The van der Waals surface area contributed by atoms with Crippen molar-refractivity contribution in [2.45, 2.75) is 42.7 Å². The van der Waals surface area contributed by atoms with Crippen LogP contribution in [0.3, 0.4) is 0 Å². The normalized spacial score (nSPS) is 22.0. The van der Waals surface area contributed by atoms with Crippen LogP contribution in [0.25, 0.3) is 6.08 Å². The summed E-state index contributed by atoms with van der Waals surface area (Å²) in [4.78, 5) is 12.2. The van der Waals surface area contributed by atoms with E-state index in [2.05, 4.69) is 15.4 Å². The van der Waals surface area contributed by atoms with Crippen LogP contribution in [-0.4, -0.2) is 39.2 Å². The minimum Gasteiger partial charge on any atom is -0.341 e. The highest BCUT2D eigenvalue weighted by atomic mass is 32.2. The van der Waals surface area contributed by atoms with Gasteiger partial charge in [0.05, 0.1) is 28.0 Å². The van der Waals surface area contributed by atoms with Crippen LogP contribution in [0.15, 0.2) is 39.8 Å². The zero-order chi connectivity index (χ0) is 23.2. The molecule has 0 spiro atoms. The van der Waals surface area contributed by atoms with E-state index in [0.29, 0.717) is 40.3 Å². The van der Waals surface area contributed by atoms with E-state index in [1.165, 1.54) is 12.1 Å². The minimum atomic E-state index is -1.18. The molecule has 2 N–H and O–H groups in total. The quantitative estimate of drug-likeness (QED) is 0.608. The number of allylic oxidation sites excluding steroid dienone is 1. The highest BCUT2D eigenvalue weighted by Crippen LogP contribution is 2.36. The summed E-state index contributed by atoms with van der Waals surface area (Å²) >= 11 is 0. The summed E-state index contributed by atoms with van der Waals surface area (Å²) in [6.07, 6.45) is 5.04. The number of aromatic amines is 1. The Morgan fingerprint density at radius 3 is 2.91 bits per heavy atom. The number of rotatable bonds is 4. The Bertz CT molecular complexity index is 1300. The Hall–Kier alpha value is -3.14. The van der Waals surface area contributed by atoms with Crippen molar-refractivity contribution in [3.8, 4) is 0 Å². The standard InChI is InChI=1S/C24H23F2N5O2S/c25-15-2-1-3-17(12-15)27-23-22-19(8-11-34(22)32)28-24(29-23)31-9-6-14(7-10-31)21-18-5-4-16(26)13-20(18)33-30-21/h1-5,12,14,16H,6-11,13H2,(H,27,28,29)/p+1. The molecule has 2 atom stereocenters. The molecule has 0 radical (unpaired) electrons. The summed E-state index contributed by atoms with van der Waals surface area (Å²) in [5.41, 5.74) is 3.34. The Kier molecular flexibility index (Phi) is 5.40. The first-order valence-corrected chi connectivity index (χ1v) is 12.8. The Labute approximate surface area is 197 Å². The molecule has 0 bridgehead atoms. The van der Waals surface area contributed by atoms with Crippen molar-refractivity contribution in [1.82, 2.24) is 9.97 Å². The maximum atomic E-state index is 13.7. The van der Waals surface area contributed by atoms with E-state index in [9.17, 15) is 13.0 Å². The fourth-order valence-electron chi connectivity index (χ4n) is 4.94. The van der Waals surface area contributed by atoms with Crippen molar-refractivity contribution in [2.75, 3.05) is 29.1 Å². The maximum Gasteiger partial charge on any atom is 0.239 e. The highest BCUT2D eigenvalue weighted by Gasteiger charge is 2.35. The summed E-state index contributed by atoms with van der Waals surface area (Å²) in [6, 6.07) is 6.14. The molecule has 4 heterocycles. The Morgan fingerprint density at radius 1 is 1.24 bits per heavy atom. The van der Waals surface area contributed by atoms with Gasteiger partial charge in [-0.3, -0.25) is 4.21 Å². The summed E-state index contributed by atoms with van der Waals surface area (Å²) in [5.74, 6) is 2.18. The number of hydrogen-bond donors (Lipinski definition) is 1. The number of aryl methyl sites for hydroxylation is 1. The number of halogens is 2. The van der Waals surface area contributed by atoms with Crippen molar-refractivity contribution in [1.29, 1.82) is 0 Å². The molecule has 2 unspecified atom stereocenters. The smallest absolute Gasteiger partial charge is 0.239 e. The molecule has 0 amide bonds.